The van der Waals surface area contributed by atoms with E-state index in [0.717, 1.165) is 30.7 Å². The Kier molecular flexibility index (Phi) is 4.87. The number of hydrogen-bond donors (Lipinski definition) is 1. The Morgan fingerprint density at radius 2 is 1.74 bits per heavy atom. The monoisotopic (exact) mass is 369 g/mol. The zero-order valence-electron chi connectivity index (χ0n) is 16.4. The first-order chi connectivity index (χ1) is 13.2. The molecule has 2 aliphatic heterocycles. The van der Waals surface area contributed by atoms with Crippen molar-refractivity contribution < 1.29 is 18.9 Å². The molecule has 4 rings (SSSR count). The number of rotatable bonds is 4. The van der Waals surface area contributed by atoms with Crippen molar-refractivity contribution in [2.75, 3.05) is 33.3 Å². The number of benzene rings is 2. The lowest BCUT2D eigenvalue weighted by Gasteiger charge is -2.43. The van der Waals surface area contributed by atoms with Crippen molar-refractivity contribution in [2.24, 2.45) is 5.92 Å². The van der Waals surface area contributed by atoms with Gasteiger partial charge in [0.05, 0.1) is 33.5 Å². The van der Waals surface area contributed by atoms with Crippen molar-refractivity contribution >= 4 is 5.69 Å². The number of ether oxygens (including phenoxy) is 4. The summed E-state index contributed by atoms with van der Waals surface area (Å²) < 4.78 is 22.9. The van der Waals surface area contributed by atoms with Crippen LogP contribution in [0.4, 0.5) is 5.69 Å². The largest absolute Gasteiger partial charge is 0.493 e. The highest BCUT2D eigenvalue weighted by molar-refractivity contribution is 5.60. The standard InChI is InChI=1S/C22H27NO4/c1-13-7-8-17-16(10-13)21-15(6-5-9-27-21)20(23-17)14-11-18(24-2)22(26-4)19(12-14)25-3/h7-8,10-12,15,20-21,23H,5-6,9H2,1-4H3/t15-,20+,21-/m1/s1. The highest BCUT2D eigenvalue weighted by Gasteiger charge is 2.40. The third-order valence-electron chi connectivity index (χ3n) is 5.67. The molecule has 0 unspecified atom stereocenters. The maximum absolute atomic E-state index is 6.25. The lowest BCUT2D eigenvalue weighted by atomic mass is 9.77. The fraction of sp³-hybridized carbons (Fsp3) is 0.455. The molecule has 0 radical (unpaired) electrons. The van der Waals surface area contributed by atoms with Gasteiger partial charge in [0.1, 0.15) is 0 Å². The van der Waals surface area contributed by atoms with Crippen LogP contribution in [0.1, 0.15) is 41.7 Å². The third-order valence-corrected chi connectivity index (χ3v) is 5.67. The summed E-state index contributed by atoms with van der Waals surface area (Å²) in [6, 6.07) is 10.8. The molecule has 0 bridgehead atoms. The minimum Gasteiger partial charge on any atom is -0.493 e. The molecule has 2 aliphatic rings. The van der Waals surface area contributed by atoms with E-state index in [9.17, 15) is 0 Å². The number of aryl methyl sites for hydroxylation is 1. The van der Waals surface area contributed by atoms with Crippen LogP contribution in [0.2, 0.25) is 0 Å². The van der Waals surface area contributed by atoms with Gasteiger partial charge in [-0.05, 0) is 43.5 Å². The smallest absolute Gasteiger partial charge is 0.203 e. The van der Waals surface area contributed by atoms with E-state index in [1.807, 2.05) is 12.1 Å². The van der Waals surface area contributed by atoms with Gasteiger partial charge < -0.3 is 24.3 Å². The van der Waals surface area contributed by atoms with Crippen LogP contribution >= 0.6 is 0 Å². The maximum atomic E-state index is 6.25. The number of hydrogen-bond acceptors (Lipinski definition) is 5. The Bertz CT molecular complexity index is 810. The number of fused-ring (bicyclic) bond motifs is 3. The van der Waals surface area contributed by atoms with Gasteiger partial charge in [-0.15, -0.1) is 0 Å². The molecule has 3 atom stereocenters. The lowest BCUT2D eigenvalue weighted by Crippen LogP contribution is -2.36. The van der Waals surface area contributed by atoms with Crippen LogP contribution in [-0.4, -0.2) is 27.9 Å². The second-order valence-corrected chi connectivity index (χ2v) is 7.27. The molecular formula is C22H27NO4. The van der Waals surface area contributed by atoms with E-state index in [1.165, 1.54) is 11.1 Å². The molecule has 5 nitrogen and oxygen atoms in total. The summed E-state index contributed by atoms with van der Waals surface area (Å²) in [5, 5.41) is 3.75. The van der Waals surface area contributed by atoms with E-state index in [1.54, 1.807) is 21.3 Å². The summed E-state index contributed by atoms with van der Waals surface area (Å²) in [5.74, 6) is 2.33. The van der Waals surface area contributed by atoms with Crippen LogP contribution < -0.4 is 19.5 Å². The van der Waals surface area contributed by atoms with Gasteiger partial charge in [-0.3, -0.25) is 0 Å². The molecule has 144 valence electrons. The molecule has 2 aromatic rings. The van der Waals surface area contributed by atoms with Crippen molar-refractivity contribution in [1.29, 1.82) is 0 Å². The fourth-order valence-electron chi connectivity index (χ4n) is 4.40. The van der Waals surface area contributed by atoms with Crippen molar-refractivity contribution in [3.05, 3.63) is 47.0 Å². The van der Waals surface area contributed by atoms with Crippen molar-refractivity contribution in [3.63, 3.8) is 0 Å². The van der Waals surface area contributed by atoms with E-state index in [2.05, 4.69) is 30.4 Å². The predicted molar refractivity (Wildman–Crippen MR) is 105 cm³/mol. The van der Waals surface area contributed by atoms with Crippen molar-refractivity contribution in [1.82, 2.24) is 0 Å². The molecule has 1 fully saturated rings. The van der Waals surface area contributed by atoms with E-state index in [4.69, 9.17) is 18.9 Å². The highest BCUT2D eigenvalue weighted by Crippen LogP contribution is 2.51. The second-order valence-electron chi connectivity index (χ2n) is 7.27. The molecule has 0 amide bonds. The van der Waals surface area contributed by atoms with Gasteiger partial charge in [0.2, 0.25) is 5.75 Å². The van der Waals surface area contributed by atoms with Crippen LogP contribution in [-0.2, 0) is 4.74 Å². The second kappa shape index (κ2) is 7.31. The average Bonchev–Trinajstić information content (AvgIpc) is 2.72. The Balaban J connectivity index is 1.80. The minimum atomic E-state index is 0.110. The zero-order valence-corrected chi connectivity index (χ0v) is 16.4. The molecular weight excluding hydrogens is 342 g/mol. The lowest BCUT2D eigenvalue weighted by molar-refractivity contribution is -0.0382. The summed E-state index contributed by atoms with van der Waals surface area (Å²) in [6.07, 6.45) is 2.30. The summed E-state index contributed by atoms with van der Waals surface area (Å²) >= 11 is 0. The molecule has 2 aromatic carbocycles. The number of methoxy groups -OCH3 is 3. The number of nitrogens with one attached hydrogen (secondary N) is 1. The van der Waals surface area contributed by atoms with E-state index < -0.39 is 0 Å². The minimum absolute atomic E-state index is 0.110. The molecule has 2 heterocycles. The van der Waals surface area contributed by atoms with Crippen LogP contribution in [0.5, 0.6) is 17.2 Å². The van der Waals surface area contributed by atoms with Crippen molar-refractivity contribution in [3.8, 4) is 17.2 Å². The third kappa shape index (κ3) is 3.10. The summed E-state index contributed by atoms with van der Waals surface area (Å²) in [6.45, 7) is 2.94. The normalized spacial score (nSPS) is 23.6. The van der Waals surface area contributed by atoms with Gasteiger partial charge in [0.15, 0.2) is 11.5 Å². The average molecular weight is 369 g/mol. The topological polar surface area (TPSA) is 49.0 Å². The summed E-state index contributed by atoms with van der Waals surface area (Å²) in [7, 11) is 4.93. The van der Waals surface area contributed by atoms with Crippen LogP contribution in [0.25, 0.3) is 0 Å². The molecule has 0 aromatic heterocycles. The summed E-state index contributed by atoms with van der Waals surface area (Å²) in [5.41, 5.74) is 4.79. The van der Waals surface area contributed by atoms with Crippen LogP contribution in [0.3, 0.4) is 0 Å². The van der Waals surface area contributed by atoms with Gasteiger partial charge in [0, 0.05) is 23.8 Å². The Morgan fingerprint density at radius 1 is 1.00 bits per heavy atom. The van der Waals surface area contributed by atoms with E-state index >= 15 is 0 Å². The first kappa shape index (κ1) is 18.0. The van der Waals surface area contributed by atoms with Gasteiger partial charge in [-0.1, -0.05) is 17.7 Å². The highest BCUT2D eigenvalue weighted by atomic mass is 16.5. The van der Waals surface area contributed by atoms with Gasteiger partial charge in [-0.2, -0.15) is 0 Å². The van der Waals surface area contributed by atoms with E-state index in [-0.39, 0.29) is 12.1 Å². The zero-order chi connectivity index (χ0) is 19.0. The summed E-state index contributed by atoms with van der Waals surface area (Å²) in [4.78, 5) is 0. The quantitative estimate of drug-likeness (QED) is 0.850. The molecule has 1 N–H and O–H groups in total. The molecule has 27 heavy (non-hydrogen) atoms. The molecule has 0 aliphatic carbocycles. The molecule has 0 spiro atoms. The Morgan fingerprint density at radius 3 is 2.41 bits per heavy atom. The molecule has 5 heteroatoms. The Hall–Kier alpha value is -2.40. The predicted octanol–water partition coefficient (Wildman–Crippen LogP) is 4.66. The first-order valence-corrected chi connectivity index (χ1v) is 9.45. The Labute approximate surface area is 160 Å². The SMILES string of the molecule is COc1cc([C@@H]2Nc3ccc(C)cc3[C@@H]3OCCC[C@H]23)cc(OC)c1OC. The van der Waals surface area contributed by atoms with Crippen molar-refractivity contribution in [2.45, 2.75) is 31.9 Å². The number of anilines is 1. The molecule has 0 saturated carbocycles. The first-order valence-electron chi connectivity index (χ1n) is 9.45. The fourth-order valence-corrected chi connectivity index (χ4v) is 4.40. The van der Waals surface area contributed by atoms with Crippen LogP contribution in [0.15, 0.2) is 30.3 Å². The van der Waals surface area contributed by atoms with Gasteiger partial charge in [0.25, 0.3) is 0 Å². The van der Waals surface area contributed by atoms with Crippen LogP contribution in [0, 0.1) is 12.8 Å². The maximum Gasteiger partial charge on any atom is 0.203 e. The van der Waals surface area contributed by atoms with Gasteiger partial charge in [-0.25, -0.2) is 0 Å². The van der Waals surface area contributed by atoms with Gasteiger partial charge >= 0.3 is 0 Å². The molecule has 1 saturated heterocycles. The van der Waals surface area contributed by atoms with E-state index in [0.29, 0.717) is 23.2 Å².